The number of carbonyl (C=O) groups excluding carboxylic acids is 1. The molecule has 188 valence electrons. The second kappa shape index (κ2) is 12.1. The van der Waals surface area contributed by atoms with Crippen LogP contribution >= 0.6 is 23.1 Å². The maximum Gasteiger partial charge on any atom is 0.416 e. The number of hydrogen-bond acceptors (Lipinski definition) is 8. The predicted molar refractivity (Wildman–Crippen MR) is 129 cm³/mol. The van der Waals surface area contributed by atoms with Crippen molar-refractivity contribution in [3.63, 3.8) is 0 Å². The van der Waals surface area contributed by atoms with E-state index in [2.05, 4.69) is 15.5 Å². The molecule has 35 heavy (non-hydrogen) atoms. The van der Waals surface area contributed by atoms with E-state index in [1.807, 2.05) is 20.8 Å². The fraction of sp³-hybridized carbons (Fsp3) is 0.348. The van der Waals surface area contributed by atoms with Crippen molar-refractivity contribution >= 4 is 34.1 Å². The summed E-state index contributed by atoms with van der Waals surface area (Å²) >= 11 is 2.36. The van der Waals surface area contributed by atoms with Crippen molar-refractivity contribution in [2.45, 2.75) is 37.0 Å². The Morgan fingerprint density at radius 3 is 2.26 bits per heavy atom. The number of rotatable bonds is 11. The Kier molecular flexibility index (Phi) is 9.21. The number of halogens is 3. The standard InChI is InChI=1S/C23H24F3N3O4S2/c1-4-31-17-11-15(12-18(32-5-2)19(17)33-6-3)20(30)27-21-28-29-22(35-21)34-13-14-8-7-9-16(10-14)23(24,25)26/h7-12H,4-6,13H2,1-3H3,(H,27,28,30). The van der Waals surface area contributed by atoms with Crippen LogP contribution in [0.1, 0.15) is 42.3 Å². The van der Waals surface area contributed by atoms with Gasteiger partial charge < -0.3 is 14.2 Å². The van der Waals surface area contributed by atoms with Gasteiger partial charge >= 0.3 is 6.18 Å². The van der Waals surface area contributed by atoms with Gasteiger partial charge in [-0.3, -0.25) is 10.1 Å². The van der Waals surface area contributed by atoms with E-state index in [4.69, 9.17) is 14.2 Å². The maximum absolute atomic E-state index is 12.9. The van der Waals surface area contributed by atoms with Crippen LogP contribution in [0.4, 0.5) is 18.3 Å². The van der Waals surface area contributed by atoms with Gasteiger partial charge in [-0.1, -0.05) is 41.3 Å². The molecular formula is C23H24F3N3O4S2. The van der Waals surface area contributed by atoms with Crippen LogP contribution in [0.2, 0.25) is 0 Å². The lowest BCUT2D eigenvalue weighted by atomic mass is 10.1. The highest BCUT2D eigenvalue weighted by Gasteiger charge is 2.30. The molecule has 0 radical (unpaired) electrons. The van der Waals surface area contributed by atoms with Gasteiger partial charge in [0.05, 0.1) is 25.4 Å². The summed E-state index contributed by atoms with van der Waals surface area (Å²) in [6.45, 7) is 6.63. The first kappa shape index (κ1) is 26.6. The third-order valence-electron chi connectivity index (χ3n) is 4.41. The van der Waals surface area contributed by atoms with Gasteiger partial charge in [-0.15, -0.1) is 10.2 Å². The number of amides is 1. The van der Waals surface area contributed by atoms with E-state index in [-0.39, 0.29) is 16.4 Å². The lowest BCUT2D eigenvalue weighted by Crippen LogP contribution is -2.13. The summed E-state index contributed by atoms with van der Waals surface area (Å²) in [5, 5.41) is 10.9. The van der Waals surface area contributed by atoms with Crippen molar-refractivity contribution in [1.82, 2.24) is 10.2 Å². The Bertz CT molecular complexity index is 1130. The first-order valence-electron chi connectivity index (χ1n) is 10.7. The highest BCUT2D eigenvalue weighted by Crippen LogP contribution is 2.39. The second-order valence-electron chi connectivity index (χ2n) is 6.91. The molecule has 0 spiro atoms. The molecule has 1 amide bonds. The molecule has 1 heterocycles. The van der Waals surface area contributed by atoms with E-state index >= 15 is 0 Å². The summed E-state index contributed by atoms with van der Waals surface area (Å²) in [5.41, 5.74) is 0.0923. The number of hydrogen-bond donors (Lipinski definition) is 1. The van der Waals surface area contributed by atoms with Gasteiger partial charge in [0.1, 0.15) is 0 Å². The van der Waals surface area contributed by atoms with Crippen LogP contribution in [0.25, 0.3) is 0 Å². The van der Waals surface area contributed by atoms with Crippen molar-refractivity contribution in [1.29, 1.82) is 0 Å². The Hall–Kier alpha value is -2.99. The number of anilines is 1. The van der Waals surface area contributed by atoms with Gasteiger partial charge in [-0.2, -0.15) is 13.2 Å². The zero-order valence-corrected chi connectivity index (χ0v) is 20.9. The minimum atomic E-state index is -4.40. The Morgan fingerprint density at radius 1 is 1.00 bits per heavy atom. The van der Waals surface area contributed by atoms with Crippen LogP contribution in [0.3, 0.4) is 0 Å². The van der Waals surface area contributed by atoms with E-state index in [1.54, 1.807) is 18.2 Å². The quantitative estimate of drug-likeness (QED) is 0.232. The molecule has 1 N–H and O–H groups in total. The fourth-order valence-corrected chi connectivity index (χ4v) is 4.68. The number of thioether (sulfide) groups is 1. The number of aromatic nitrogens is 2. The maximum atomic E-state index is 12.9. The molecule has 12 heteroatoms. The van der Waals surface area contributed by atoms with Gasteiger partial charge in [0.2, 0.25) is 10.9 Å². The highest BCUT2D eigenvalue weighted by atomic mass is 32.2. The predicted octanol–water partition coefficient (Wildman–Crippen LogP) is 6.30. The molecule has 0 aliphatic heterocycles. The second-order valence-corrected chi connectivity index (χ2v) is 9.11. The number of benzene rings is 2. The molecule has 3 aromatic rings. The number of nitrogens with zero attached hydrogens (tertiary/aromatic N) is 2. The smallest absolute Gasteiger partial charge is 0.416 e. The van der Waals surface area contributed by atoms with E-state index in [0.29, 0.717) is 47.0 Å². The first-order chi connectivity index (χ1) is 16.7. The van der Waals surface area contributed by atoms with Crippen LogP contribution in [0.15, 0.2) is 40.7 Å². The number of alkyl halides is 3. The number of carbonyl (C=O) groups is 1. The highest BCUT2D eigenvalue weighted by molar-refractivity contribution is 8.00. The van der Waals surface area contributed by atoms with E-state index in [1.165, 1.54) is 17.8 Å². The molecule has 0 aliphatic carbocycles. The van der Waals surface area contributed by atoms with Crippen LogP contribution in [-0.2, 0) is 11.9 Å². The SMILES string of the molecule is CCOc1cc(C(=O)Nc2nnc(SCc3cccc(C(F)(F)F)c3)s2)cc(OCC)c1OCC. The minimum absolute atomic E-state index is 0.256. The molecule has 7 nitrogen and oxygen atoms in total. The van der Waals surface area contributed by atoms with Crippen molar-refractivity contribution in [3.8, 4) is 17.2 Å². The molecule has 2 aromatic carbocycles. The lowest BCUT2D eigenvalue weighted by Gasteiger charge is -2.16. The third-order valence-corrected chi connectivity index (χ3v) is 6.46. The van der Waals surface area contributed by atoms with Crippen LogP contribution in [-0.4, -0.2) is 35.9 Å². The van der Waals surface area contributed by atoms with Crippen LogP contribution in [0, 0.1) is 0 Å². The van der Waals surface area contributed by atoms with Gasteiger partial charge in [-0.05, 0) is 44.5 Å². The summed E-state index contributed by atoms with van der Waals surface area (Å²) < 4.78 is 56.1. The molecule has 0 unspecified atom stereocenters. The van der Waals surface area contributed by atoms with Crippen molar-refractivity contribution in [3.05, 3.63) is 53.1 Å². The summed E-state index contributed by atoms with van der Waals surface area (Å²) in [6.07, 6.45) is -4.40. The normalized spacial score (nSPS) is 11.3. The summed E-state index contributed by atoms with van der Waals surface area (Å²) in [6, 6.07) is 8.25. The average molecular weight is 528 g/mol. The molecular weight excluding hydrogens is 503 g/mol. The van der Waals surface area contributed by atoms with Crippen molar-refractivity contribution in [2.75, 3.05) is 25.1 Å². The molecule has 0 aliphatic rings. The van der Waals surface area contributed by atoms with E-state index < -0.39 is 17.6 Å². The average Bonchev–Trinajstić information content (AvgIpc) is 3.26. The lowest BCUT2D eigenvalue weighted by molar-refractivity contribution is -0.137. The molecule has 3 rings (SSSR count). The van der Waals surface area contributed by atoms with E-state index in [0.717, 1.165) is 23.5 Å². The zero-order valence-electron chi connectivity index (χ0n) is 19.3. The van der Waals surface area contributed by atoms with Crippen molar-refractivity contribution in [2.24, 2.45) is 0 Å². The van der Waals surface area contributed by atoms with E-state index in [9.17, 15) is 18.0 Å². The molecule has 0 bridgehead atoms. The minimum Gasteiger partial charge on any atom is -0.490 e. The van der Waals surface area contributed by atoms with Gasteiger partial charge in [0.25, 0.3) is 5.91 Å². The topological polar surface area (TPSA) is 82.6 Å². The summed E-state index contributed by atoms with van der Waals surface area (Å²) in [4.78, 5) is 12.9. The molecule has 0 saturated heterocycles. The van der Waals surface area contributed by atoms with Crippen LogP contribution < -0.4 is 19.5 Å². The Morgan fingerprint density at radius 2 is 1.66 bits per heavy atom. The number of nitrogens with one attached hydrogen (secondary N) is 1. The van der Waals surface area contributed by atoms with Gasteiger partial charge in [-0.25, -0.2) is 0 Å². The fourth-order valence-electron chi connectivity index (χ4n) is 2.99. The molecule has 1 aromatic heterocycles. The Labute approximate surface area is 209 Å². The largest absolute Gasteiger partial charge is 0.490 e. The third kappa shape index (κ3) is 7.25. The number of ether oxygens (including phenoxy) is 3. The summed E-state index contributed by atoms with van der Waals surface area (Å²) in [7, 11) is 0. The van der Waals surface area contributed by atoms with Crippen molar-refractivity contribution < 1.29 is 32.2 Å². The molecule has 0 atom stereocenters. The monoisotopic (exact) mass is 527 g/mol. The summed E-state index contributed by atoms with van der Waals surface area (Å²) in [5.74, 6) is 1.04. The van der Waals surface area contributed by atoms with Gasteiger partial charge in [0.15, 0.2) is 15.8 Å². The zero-order chi connectivity index (χ0) is 25.4. The molecule has 0 fully saturated rings. The van der Waals surface area contributed by atoms with Gasteiger partial charge in [0, 0.05) is 11.3 Å². The molecule has 0 saturated carbocycles. The Balaban J connectivity index is 1.71. The van der Waals surface area contributed by atoms with Crippen LogP contribution in [0.5, 0.6) is 17.2 Å². The first-order valence-corrected chi connectivity index (χ1v) is 12.6.